The van der Waals surface area contributed by atoms with Crippen LogP contribution in [0.1, 0.15) is 78.1 Å². The molecule has 0 aromatic rings. The first kappa shape index (κ1) is 24.4. The Labute approximate surface area is 202 Å². The van der Waals surface area contributed by atoms with Gasteiger partial charge in [-0.3, -0.25) is 4.99 Å². The second-order valence-corrected chi connectivity index (χ2v) is 12.0. The number of fused-ring (bicyclic) bond motifs is 5. The van der Waals surface area contributed by atoms with Crippen LogP contribution in [0.3, 0.4) is 0 Å². The fraction of sp³-hybridized carbons (Fsp3) is 0.852. The maximum absolute atomic E-state index is 12.4. The number of carbonyl (C=O) groups is 1. The zero-order valence-corrected chi connectivity index (χ0v) is 20.6. The number of hydrogen-bond donors (Lipinski definition) is 4. The van der Waals surface area contributed by atoms with Crippen molar-refractivity contribution < 1.29 is 30.0 Å². The summed E-state index contributed by atoms with van der Waals surface area (Å²) in [6.07, 6.45) is 9.79. The van der Waals surface area contributed by atoms with Crippen LogP contribution in [0.5, 0.6) is 0 Å². The topological polar surface area (TPSA) is 120 Å². The van der Waals surface area contributed by atoms with Crippen molar-refractivity contribution in [2.24, 2.45) is 33.6 Å². The Morgan fingerprint density at radius 1 is 1.15 bits per heavy atom. The van der Waals surface area contributed by atoms with Gasteiger partial charge in [0.15, 0.2) is 0 Å². The summed E-state index contributed by atoms with van der Waals surface area (Å²) in [7, 11) is 0. The van der Waals surface area contributed by atoms with E-state index in [9.17, 15) is 25.2 Å². The van der Waals surface area contributed by atoms with Crippen LogP contribution in [-0.2, 0) is 9.53 Å². The predicted molar refractivity (Wildman–Crippen MR) is 127 cm³/mol. The molecule has 4 fully saturated rings. The van der Waals surface area contributed by atoms with Crippen molar-refractivity contribution in [3.63, 3.8) is 0 Å². The van der Waals surface area contributed by atoms with Gasteiger partial charge in [0.1, 0.15) is 6.61 Å². The highest BCUT2D eigenvalue weighted by Crippen LogP contribution is 2.70. The van der Waals surface area contributed by atoms with E-state index in [1.165, 1.54) is 0 Å². The van der Waals surface area contributed by atoms with Crippen molar-refractivity contribution in [3.8, 4) is 0 Å². The molecule has 4 aliphatic carbocycles. The zero-order chi connectivity index (χ0) is 24.4. The van der Waals surface area contributed by atoms with Gasteiger partial charge in [0.25, 0.3) is 0 Å². The molecule has 1 heterocycles. The summed E-state index contributed by atoms with van der Waals surface area (Å²) in [4.78, 5) is 16.5. The molecule has 0 aromatic carbocycles. The first-order chi connectivity index (χ1) is 16.1. The number of rotatable bonds is 5. The maximum atomic E-state index is 12.4. The van der Waals surface area contributed by atoms with E-state index in [0.29, 0.717) is 45.1 Å². The highest BCUT2D eigenvalue weighted by atomic mass is 16.5. The number of aliphatic hydroxyl groups excluding tert-OH is 2. The summed E-state index contributed by atoms with van der Waals surface area (Å²) >= 11 is 0. The van der Waals surface area contributed by atoms with Gasteiger partial charge < -0.3 is 25.2 Å². The van der Waals surface area contributed by atoms with E-state index in [-0.39, 0.29) is 41.8 Å². The first-order valence-corrected chi connectivity index (χ1v) is 13.3. The van der Waals surface area contributed by atoms with E-state index in [1.54, 1.807) is 6.08 Å². The van der Waals surface area contributed by atoms with Gasteiger partial charge in [-0.05, 0) is 81.1 Å². The van der Waals surface area contributed by atoms with Crippen molar-refractivity contribution in [3.05, 3.63) is 11.6 Å². The molecule has 5 aliphatic rings. The van der Waals surface area contributed by atoms with E-state index in [2.05, 4.69) is 6.92 Å². The Kier molecular flexibility index (Phi) is 6.03. The summed E-state index contributed by atoms with van der Waals surface area (Å²) in [6.45, 7) is 4.49. The third-order valence-electron chi connectivity index (χ3n) is 10.8. The Morgan fingerprint density at radius 2 is 1.91 bits per heavy atom. The number of aliphatic imine (C=N–C) groups is 1. The van der Waals surface area contributed by atoms with Gasteiger partial charge in [-0.25, -0.2) is 4.79 Å². The largest absolute Gasteiger partial charge is 0.458 e. The fourth-order valence-corrected chi connectivity index (χ4v) is 8.88. The van der Waals surface area contributed by atoms with Crippen LogP contribution in [0.25, 0.3) is 0 Å². The summed E-state index contributed by atoms with van der Waals surface area (Å²) < 4.78 is 5.22. The van der Waals surface area contributed by atoms with Gasteiger partial charge in [-0.2, -0.15) is 0 Å². The molecule has 1 aliphatic heterocycles. The smallest absolute Gasteiger partial charge is 0.331 e. The molecule has 4 N–H and O–H groups in total. The molecule has 7 nitrogen and oxygen atoms in total. The normalized spacial score (nSPS) is 49.2. The molecular weight excluding hydrogens is 434 g/mol. The van der Waals surface area contributed by atoms with Gasteiger partial charge in [-0.1, -0.05) is 13.8 Å². The predicted octanol–water partition coefficient (Wildman–Crippen LogP) is 2.54. The van der Waals surface area contributed by atoms with Gasteiger partial charge in [0.2, 0.25) is 0 Å². The second-order valence-electron chi connectivity index (χ2n) is 12.0. The molecule has 0 aromatic heterocycles. The minimum atomic E-state index is -1.06. The summed E-state index contributed by atoms with van der Waals surface area (Å²) in [6, 6.07) is -0.203. The molecule has 0 saturated heterocycles. The maximum Gasteiger partial charge on any atom is 0.331 e. The van der Waals surface area contributed by atoms with E-state index >= 15 is 0 Å². The van der Waals surface area contributed by atoms with Gasteiger partial charge in [-0.15, -0.1) is 0 Å². The molecule has 0 spiro atoms. The molecule has 0 bridgehead atoms. The number of carbonyl (C=O) groups excluding carboxylic acids is 1. The van der Waals surface area contributed by atoms with Crippen molar-refractivity contribution in [1.82, 2.24) is 0 Å². The Bertz CT molecular complexity index is 884. The molecule has 8 unspecified atom stereocenters. The lowest BCUT2D eigenvalue weighted by atomic mass is 9.41. The molecule has 5 rings (SSSR count). The third kappa shape index (κ3) is 3.30. The minimum Gasteiger partial charge on any atom is -0.458 e. The number of cyclic esters (lactones) is 1. The number of esters is 1. The first-order valence-electron chi connectivity index (χ1n) is 13.3. The molecule has 34 heavy (non-hydrogen) atoms. The quantitative estimate of drug-likeness (QED) is 0.358. The standard InChI is InChI=1S/C27H41NO6/c1-3-18(14-29)28-16-25-9-4-19(30)13-26(25,32)10-6-22-21(25)5-8-24(2)20(7-11-27(22,24)33)17-12-23(31)34-15-17/h12,16,18-22,29-30,32-33H,3-11,13-15H2,1-2H3/t18?,19?,20?,21-,22?,24?,25?,26?,27?/m0/s1. The molecular formula is C27H41NO6. The van der Waals surface area contributed by atoms with Crippen LogP contribution in [0, 0.1) is 28.6 Å². The lowest BCUT2D eigenvalue weighted by molar-refractivity contribution is -0.237. The van der Waals surface area contributed by atoms with E-state index in [0.717, 1.165) is 31.3 Å². The van der Waals surface area contributed by atoms with Crippen LogP contribution < -0.4 is 0 Å². The van der Waals surface area contributed by atoms with Crippen LogP contribution in [0.2, 0.25) is 0 Å². The summed E-state index contributed by atoms with van der Waals surface area (Å²) in [5.74, 6) is -0.0740. The number of nitrogens with zero attached hydrogens (tertiary/aromatic N) is 1. The molecule has 7 heteroatoms. The Hall–Kier alpha value is -1.28. The van der Waals surface area contributed by atoms with Crippen LogP contribution in [-0.4, -0.2) is 69.2 Å². The lowest BCUT2D eigenvalue weighted by Gasteiger charge is -2.65. The van der Waals surface area contributed by atoms with E-state index in [4.69, 9.17) is 9.73 Å². The van der Waals surface area contributed by atoms with Crippen LogP contribution in [0.15, 0.2) is 16.6 Å². The number of ether oxygens (including phenoxy) is 1. The van der Waals surface area contributed by atoms with Crippen LogP contribution in [0.4, 0.5) is 0 Å². The van der Waals surface area contributed by atoms with E-state index in [1.807, 2.05) is 13.1 Å². The van der Waals surface area contributed by atoms with Gasteiger partial charge >= 0.3 is 5.97 Å². The average molecular weight is 476 g/mol. The Morgan fingerprint density at radius 3 is 2.59 bits per heavy atom. The molecule has 0 amide bonds. The van der Waals surface area contributed by atoms with Crippen molar-refractivity contribution >= 4 is 12.2 Å². The van der Waals surface area contributed by atoms with Crippen LogP contribution >= 0.6 is 0 Å². The average Bonchev–Trinajstić information content (AvgIpc) is 3.34. The number of hydrogen-bond acceptors (Lipinski definition) is 7. The summed E-state index contributed by atoms with van der Waals surface area (Å²) in [5.41, 5.74) is -1.88. The SMILES string of the molecule is CCC(CO)N=CC12CCC(O)CC1(O)CCC1[C@@H]2CCC2(C)C(C3=CC(=O)OC3)CCC12O. The molecule has 4 saturated carbocycles. The lowest BCUT2D eigenvalue weighted by Crippen LogP contribution is -2.68. The Balaban J connectivity index is 1.53. The van der Waals surface area contributed by atoms with Gasteiger partial charge in [0, 0.05) is 29.5 Å². The van der Waals surface area contributed by atoms with Crippen molar-refractivity contribution in [2.45, 2.75) is 101 Å². The molecule has 0 radical (unpaired) electrons. The zero-order valence-electron chi connectivity index (χ0n) is 20.6. The molecule has 190 valence electrons. The highest BCUT2D eigenvalue weighted by molar-refractivity contribution is 5.85. The van der Waals surface area contributed by atoms with Crippen molar-refractivity contribution in [2.75, 3.05) is 13.2 Å². The highest BCUT2D eigenvalue weighted by Gasteiger charge is 2.71. The molecule has 9 atom stereocenters. The van der Waals surface area contributed by atoms with E-state index < -0.39 is 22.7 Å². The summed E-state index contributed by atoms with van der Waals surface area (Å²) in [5, 5.41) is 44.6. The second kappa shape index (κ2) is 8.39. The monoisotopic (exact) mass is 475 g/mol. The fourth-order valence-electron chi connectivity index (χ4n) is 8.88. The van der Waals surface area contributed by atoms with Crippen molar-refractivity contribution in [1.29, 1.82) is 0 Å². The minimum absolute atomic E-state index is 0.0195. The number of aliphatic hydroxyl groups is 4. The third-order valence-corrected chi connectivity index (χ3v) is 10.8. The van der Waals surface area contributed by atoms with Gasteiger partial charge in [0.05, 0.1) is 30.0 Å².